The molecule has 3 heterocycles. The molecule has 146 valence electrons. The molecule has 2 aromatic heterocycles. The number of anilines is 2. The van der Waals surface area contributed by atoms with Crippen LogP contribution in [0.25, 0.3) is 6.08 Å². The second kappa shape index (κ2) is 7.88. The summed E-state index contributed by atoms with van der Waals surface area (Å²) >= 11 is 0. The number of nitrogens with one attached hydrogen (secondary N) is 1. The first-order chi connectivity index (χ1) is 13.6. The molecule has 1 saturated heterocycles. The molecule has 0 aromatic carbocycles. The van der Waals surface area contributed by atoms with Crippen LogP contribution in [0.1, 0.15) is 12.0 Å². The number of amides is 1. The summed E-state index contributed by atoms with van der Waals surface area (Å²) in [5, 5.41) is 2.97. The van der Waals surface area contributed by atoms with Gasteiger partial charge in [0, 0.05) is 49.9 Å². The predicted molar refractivity (Wildman–Crippen MR) is 109 cm³/mol. The highest BCUT2D eigenvalue weighted by atomic mass is 16.5. The third-order valence-electron chi connectivity index (χ3n) is 5.68. The highest BCUT2D eigenvalue weighted by Gasteiger charge is 2.54. The van der Waals surface area contributed by atoms with E-state index in [1.54, 1.807) is 37.7 Å². The molecule has 28 heavy (non-hydrogen) atoms. The molecule has 7 nitrogen and oxygen atoms in total. The highest BCUT2D eigenvalue weighted by Crippen LogP contribution is 2.54. The van der Waals surface area contributed by atoms with E-state index in [1.165, 1.54) is 5.69 Å². The SMILES string of the molecule is COc1cc(N2C[C@@H]3[C@@H](CCNC(=O)/C=C/c4ccc(N)nc4)[C@@H]3C2)ccn1. The molecule has 0 radical (unpaired) electrons. The van der Waals surface area contributed by atoms with Crippen molar-refractivity contribution >= 4 is 23.5 Å². The smallest absolute Gasteiger partial charge is 0.244 e. The molecule has 1 amide bonds. The minimum Gasteiger partial charge on any atom is -0.481 e. The minimum absolute atomic E-state index is 0.0758. The van der Waals surface area contributed by atoms with Crippen molar-refractivity contribution in [1.82, 2.24) is 15.3 Å². The van der Waals surface area contributed by atoms with Gasteiger partial charge in [-0.15, -0.1) is 0 Å². The monoisotopic (exact) mass is 379 g/mol. The van der Waals surface area contributed by atoms with Crippen LogP contribution in [0.2, 0.25) is 0 Å². The van der Waals surface area contributed by atoms with Gasteiger partial charge in [0.25, 0.3) is 0 Å². The average Bonchev–Trinajstić information content (AvgIpc) is 3.16. The third kappa shape index (κ3) is 4.08. The van der Waals surface area contributed by atoms with Gasteiger partial charge in [-0.3, -0.25) is 4.79 Å². The quantitative estimate of drug-likeness (QED) is 0.715. The number of hydrogen-bond acceptors (Lipinski definition) is 6. The van der Waals surface area contributed by atoms with E-state index >= 15 is 0 Å². The summed E-state index contributed by atoms with van der Waals surface area (Å²) in [6.07, 6.45) is 7.76. The summed E-state index contributed by atoms with van der Waals surface area (Å²) in [6.45, 7) is 2.85. The number of carbonyl (C=O) groups excluding carboxylic acids is 1. The molecule has 2 aliphatic rings. The van der Waals surface area contributed by atoms with Crippen LogP contribution in [0, 0.1) is 17.8 Å². The van der Waals surface area contributed by atoms with Crippen molar-refractivity contribution in [3.8, 4) is 5.88 Å². The molecule has 1 aliphatic heterocycles. The van der Waals surface area contributed by atoms with Crippen LogP contribution in [0.15, 0.2) is 42.7 Å². The van der Waals surface area contributed by atoms with Crippen molar-refractivity contribution in [2.75, 3.05) is 37.4 Å². The van der Waals surface area contributed by atoms with E-state index in [4.69, 9.17) is 10.5 Å². The number of pyridine rings is 2. The Balaban J connectivity index is 1.18. The third-order valence-corrected chi connectivity index (χ3v) is 5.68. The first-order valence-corrected chi connectivity index (χ1v) is 9.56. The lowest BCUT2D eigenvalue weighted by Gasteiger charge is -2.22. The second-order valence-corrected chi connectivity index (χ2v) is 7.38. The van der Waals surface area contributed by atoms with Crippen molar-refractivity contribution in [2.45, 2.75) is 6.42 Å². The van der Waals surface area contributed by atoms with Crippen molar-refractivity contribution in [2.24, 2.45) is 17.8 Å². The fourth-order valence-electron chi connectivity index (χ4n) is 4.10. The summed E-state index contributed by atoms with van der Waals surface area (Å²) in [5.41, 5.74) is 7.58. The van der Waals surface area contributed by atoms with Gasteiger partial charge in [0.15, 0.2) is 0 Å². The number of nitrogen functional groups attached to an aromatic ring is 1. The van der Waals surface area contributed by atoms with Crippen molar-refractivity contribution < 1.29 is 9.53 Å². The molecule has 3 atom stereocenters. The van der Waals surface area contributed by atoms with Crippen LogP contribution in [-0.4, -0.2) is 42.6 Å². The lowest BCUT2D eigenvalue weighted by atomic mass is 10.2. The normalized spacial score (nSPS) is 22.9. The molecule has 0 bridgehead atoms. The number of hydrogen-bond donors (Lipinski definition) is 2. The number of ether oxygens (including phenoxy) is 1. The van der Waals surface area contributed by atoms with E-state index in [1.807, 2.05) is 18.2 Å². The molecule has 2 aromatic rings. The molecule has 1 aliphatic carbocycles. The number of fused-ring (bicyclic) bond motifs is 1. The van der Waals surface area contributed by atoms with Gasteiger partial charge in [-0.2, -0.15) is 0 Å². The Labute approximate surface area is 164 Å². The number of piperidine rings is 1. The lowest BCUT2D eigenvalue weighted by Crippen LogP contribution is -2.26. The summed E-state index contributed by atoms with van der Waals surface area (Å²) in [6, 6.07) is 7.57. The van der Waals surface area contributed by atoms with Gasteiger partial charge < -0.3 is 20.7 Å². The standard InChI is InChI=1S/C21H25N5O2/c1-28-21-10-15(6-8-24-21)26-12-17-16(18(17)13-26)7-9-23-20(27)5-3-14-2-4-19(22)25-11-14/h2-6,8,10-11,16-18H,7,9,12-13H2,1H3,(H2,22,25)(H,23,27)/b5-3+/t16-,17-,18+. The first kappa shape index (κ1) is 18.3. The second-order valence-electron chi connectivity index (χ2n) is 7.38. The molecule has 2 fully saturated rings. The summed E-state index contributed by atoms with van der Waals surface area (Å²) in [7, 11) is 1.64. The average molecular weight is 379 g/mol. The van der Waals surface area contributed by atoms with E-state index in [2.05, 4.69) is 20.2 Å². The van der Waals surface area contributed by atoms with Gasteiger partial charge in [-0.05, 0) is 54.0 Å². The number of carbonyl (C=O) groups is 1. The highest BCUT2D eigenvalue weighted by molar-refractivity contribution is 5.91. The van der Waals surface area contributed by atoms with Crippen molar-refractivity contribution in [3.05, 3.63) is 48.3 Å². The van der Waals surface area contributed by atoms with Gasteiger partial charge >= 0.3 is 0 Å². The van der Waals surface area contributed by atoms with E-state index < -0.39 is 0 Å². The van der Waals surface area contributed by atoms with Crippen LogP contribution >= 0.6 is 0 Å². The van der Waals surface area contributed by atoms with E-state index in [-0.39, 0.29) is 5.91 Å². The number of nitrogens with two attached hydrogens (primary N) is 1. The van der Waals surface area contributed by atoms with E-state index in [0.29, 0.717) is 24.2 Å². The molecular weight excluding hydrogens is 354 g/mol. The van der Waals surface area contributed by atoms with Gasteiger partial charge in [0.2, 0.25) is 11.8 Å². The zero-order valence-electron chi connectivity index (χ0n) is 15.9. The van der Waals surface area contributed by atoms with Crippen LogP contribution in [0.5, 0.6) is 5.88 Å². The molecule has 1 saturated carbocycles. The maximum absolute atomic E-state index is 12.0. The number of rotatable bonds is 7. The van der Waals surface area contributed by atoms with Gasteiger partial charge in [0.1, 0.15) is 5.82 Å². The maximum Gasteiger partial charge on any atom is 0.244 e. The van der Waals surface area contributed by atoms with E-state index in [0.717, 1.165) is 36.9 Å². The molecule has 0 spiro atoms. The fraction of sp³-hybridized carbons (Fsp3) is 0.381. The lowest BCUT2D eigenvalue weighted by molar-refractivity contribution is -0.116. The zero-order valence-corrected chi connectivity index (χ0v) is 15.9. The minimum atomic E-state index is -0.0758. The Morgan fingerprint density at radius 1 is 1.32 bits per heavy atom. The number of aromatic nitrogens is 2. The van der Waals surface area contributed by atoms with Crippen molar-refractivity contribution in [3.63, 3.8) is 0 Å². The maximum atomic E-state index is 12.0. The topological polar surface area (TPSA) is 93.4 Å². The zero-order chi connectivity index (χ0) is 19.5. The fourth-order valence-corrected chi connectivity index (χ4v) is 4.10. The number of nitrogens with zero attached hydrogens (tertiary/aromatic N) is 3. The van der Waals surface area contributed by atoms with Gasteiger partial charge in [-0.25, -0.2) is 9.97 Å². The van der Waals surface area contributed by atoms with Gasteiger partial charge in [0.05, 0.1) is 7.11 Å². The molecule has 7 heteroatoms. The van der Waals surface area contributed by atoms with Crippen LogP contribution in [-0.2, 0) is 4.79 Å². The largest absolute Gasteiger partial charge is 0.481 e. The Morgan fingerprint density at radius 3 is 2.86 bits per heavy atom. The van der Waals surface area contributed by atoms with Crippen LogP contribution in [0.4, 0.5) is 11.5 Å². The molecule has 0 unspecified atom stereocenters. The molecular formula is C21H25N5O2. The van der Waals surface area contributed by atoms with E-state index in [9.17, 15) is 4.79 Å². The first-order valence-electron chi connectivity index (χ1n) is 9.56. The summed E-state index contributed by atoms with van der Waals surface area (Å²) < 4.78 is 5.21. The molecule has 3 N–H and O–H groups in total. The summed E-state index contributed by atoms with van der Waals surface area (Å²) in [5.74, 6) is 3.22. The molecule has 4 rings (SSSR count). The van der Waals surface area contributed by atoms with Gasteiger partial charge in [-0.1, -0.05) is 0 Å². The van der Waals surface area contributed by atoms with Crippen LogP contribution < -0.4 is 20.7 Å². The Hall–Kier alpha value is -3.09. The summed E-state index contributed by atoms with van der Waals surface area (Å²) in [4.78, 5) is 22.5. The Bertz CT molecular complexity index is 855. The number of methoxy groups -OCH3 is 1. The predicted octanol–water partition coefficient (Wildman–Crippen LogP) is 1.97. The Kier molecular flexibility index (Phi) is 5.14. The van der Waals surface area contributed by atoms with Crippen molar-refractivity contribution in [1.29, 1.82) is 0 Å². The van der Waals surface area contributed by atoms with Crippen LogP contribution in [0.3, 0.4) is 0 Å². The Morgan fingerprint density at radius 2 is 2.14 bits per heavy atom.